The van der Waals surface area contributed by atoms with Gasteiger partial charge in [-0.2, -0.15) is 0 Å². The van der Waals surface area contributed by atoms with Crippen molar-refractivity contribution in [2.24, 2.45) is 0 Å². The Morgan fingerprint density at radius 3 is 2.33 bits per heavy atom. The molecule has 1 heterocycles. The maximum Gasteiger partial charge on any atom is 0.373 e. The highest BCUT2D eigenvalue weighted by atomic mass is 16.5. The summed E-state index contributed by atoms with van der Waals surface area (Å²) < 4.78 is 14.8. The largest absolute Gasteiger partial charge is 0.496 e. The van der Waals surface area contributed by atoms with Crippen molar-refractivity contribution in [2.45, 2.75) is 45.9 Å². The highest BCUT2D eigenvalue weighted by molar-refractivity contribution is 6.45. The van der Waals surface area contributed by atoms with E-state index in [2.05, 4.69) is 99.4 Å². The molecule has 0 spiro atoms. The van der Waals surface area contributed by atoms with Crippen LogP contribution in [-0.2, 0) is 4.79 Å². The second-order valence-electron chi connectivity index (χ2n) is 13.3. The van der Waals surface area contributed by atoms with Gasteiger partial charge in [0.05, 0.1) is 24.6 Å². The third-order valence-corrected chi connectivity index (χ3v) is 8.94. The van der Waals surface area contributed by atoms with Crippen LogP contribution in [0.25, 0.3) is 33.4 Å². The molecule has 2 aromatic rings. The van der Waals surface area contributed by atoms with E-state index in [0.29, 0.717) is 13.0 Å². The summed E-state index contributed by atoms with van der Waals surface area (Å²) >= 11 is 0. The number of amides is 1. The van der Waals surface area contributed by atoms with E-state index in [9.17, 15) is 9.82 Å². The number of methoxy groups -OCH3 is 1. The molecule has 0 bridgehead atoms. The molecule has 1 aliphatic carbocycles. The van der Waals surface area contributed by atoms with E-state index in [0.717, 1.165) is 107 Å². The molecule has 10 nitrogen and oxygen atoms in total. The molecule has 0 radical (unpaired) electrons. The molecule has 0 saturated heterocycles. The highest BCUT2D eigenvalue weighted by Crippen LogP contribution is 2.47. The number of rotatable bonds is 17. The van der Waals surface area contributed by atoms with Gasteiger partial charge in [0.25, 0.3) is 0 Å². The molecule has 2 aromatic carbocycles. The lowest BCUT2D eigenvalue weighted by Crippen LogP contribution is -2.31. The fourth-order valence-electron chi connectivity index (χ4n) is 6.18. The predicted molar refractivity (Wildman–Crippen MR) is 206 cm³/mol. The number of benzene rings is 3. The van der Waals surface area contributed by atoms with Crippen molar-refractivity contribution in [1.29, 1.82) is 0 Å². The van der Waals surface area contributed by atoms with Crippen molar-refractivity contribution in [3.8, 4) is 28.2 Å². The number of fused-ring (bicyclic) bond motifs is 2. The number of hydrogen-bond acceptors (Lipinski definition) is 8. The molecule has 4 rings (SSSR count). The van der Waals surface area contributed by atoms with Crippen molar-refractivity contribution in [3.05, 3.63) is 53.9 Å². The third-order valence-electron chi connectivity index (χ3n) is 8.94. The Kier molecular flexibility index (Phi) is 13.4. The summed E-state index contributed by atoms with van der Waals surface area (Å²) in [5, 5.41) is 17.4. The van der Waals surface area contributed by atoms with E-state index in [1.807, 2.05) is 28.2 Å². The van der Waals surface area contributed by atoms with Crippen LogP contribution in [0, 0.1) is 0 Å². The summed E-state index contributed by atoms with van der Waals surface area (Å²) in [4.78, 5) is 19.2. The zero-order chi connectivity index (χ0) is 35.7. The lowest BCUT2D eigenvalue weighted by molar-refractivity contribution is -0.121. The van der Waals surface area contributed by atoms with Gasteiger partial charge in [0.15, 0.2) is 0 Å². The molecule has 264 valence electrons. The van der Waals surface area contributed by atoms with Gasteiger partial charge in [-0.05, 0) is 63.8 Å². The summed E-state index contributed by atoms with van der Waals surface area (Å²) in [5.74, 6) is 1.67. The quantitative estimate of drug-likeness (QED) is 0.0628. The summed E-state index contributed by atoms with van der Waals surface area (Å²) in [5.41, 5.74) is 7.09. The fraction of sp³-hybridized carbons (Fsp3) is 0.474. The Labute approximate surface area is 292 Å². The van der Waals surface area contributed by atoms with Crippen LogP contribution < -0.4 is 39.9 Å². The fourth-order valence-corrected chi connectivity index (χ4v) is 6.18. The van der Waals surface area contributed by atoms with Gasteiger partial charge >= 0.3 is 7.05 Å². The van der Waals surface area contributed by atoms with Crippen LogP contribution in [0.1, 0.15) is 39.0 Å². The molecular weight excluding hydrogens is 615 g/mol. The molecule has 0 saturated carbocycles. The SMILES string of the molecule is CCN(CCCC(=O)NCCCCCNB(C)O)c1cc(OC)c(-c2c3ccc(=[N+](C)C)cc-3oc3cc(N(C)C)ccc23)cc1N(C)C. The zero-order valence-corrected chi connectivity index (χ0v) is 31.0. The monoisotopic (exact) mass is 671 g/mol. The third kappa shape index (κ3) is 9.48. The summed E-state index contributed by atoms with van der Waals surface area (Å²) in [6.45, 7) is 6.87. The number of nitrogens with zero attached hydrogens (tertiary/aromatic N) is 4. The Morgan fingerprint density at radius 2 is 1.67 bits per heavy atom. The van der Waals surface area contributed by atoms with Gasteiger partial charge in [-0.1, -0.05) is 6.42 Å². The van der Waals surface area contributed by atoms with Crippen LogP contribution in [0.4, 0.5) is 17.1 Å². The molecule has 0 atom stereocenters. The average Bonchev–Trinajstić information content (AvgIpc) is 3.07. The zero-order valence-electron chi connectivity index (χ0n) is 31.0. The summed E-state index contributed by atoms with van der Waals surface area (Å²) in [6.07, 6.45) is 4.13. The maximum absolute atomic E-state index is 12.6. The number of anilines is 3. The Hall–Kier alpha value is -4.22. The minimum atomic E-state index is -0.482. The first kappa shape index (κ1) is 37.6. The summed E-state index contributed by atoms with van der Waals surface area (Å²) in [7, 11) is 13.5. The van der Waals surface area contributed by atoms with Gasteiger partial charge in [0.2, 0.25) is 11.3 Å². The van der Waals surface area contributed by atoms with Crippen molar-refractivity contribution in [2.75, 3.05) is 90.3 Å². The average molecular weight is 672 g/mol. The smallest absolute Gasteiger partial charge is 0.373 e. The Bertz CT molecular complexity index is 1750. The lowest BCUT2D eigenvalue weighted by Gasteiger charge is -2.30. The van der Waals surface area contributed by atoms with Gasteiger partial charge in [-0.3, -0.25) is 4.79 Å². The molecule has 0 fully saturated rings. The molecule has 0 unspecified atom stereocenters. The van der Waals surface area contributed by atoms with Crippen molar-refractivity contribution >= 4 is 41.0 Å². The lowest BCUT2D eigenvalue weighted by atomic mass is 9.89. The van der Waals surface area contributed by atoms with E-state index in [4.69, 9.17) is 9.15 Å². The minimum absolute atomic E-state index is 0.0852. The first-order valence-electron chi connectivity index (χ1n) is 17.5. The standard InChI is InChI=1S/C38H55BN6O4/c1-10-45(22-14-15-37(46)40-20-12-11-13-21-41-39(2)47)33-26-34(48-9)31(25-32(33)44(7)8)38-29-18-16-27(42(3)4)23-35(29)49-36-24-28(43(5)6)17-19-30(36)38/h16-19,23-26,41,47H,10-15,20-22H2,1-9H3/p+1. The first-order valence-corrected chi connectivity index (χ1v) is 17.5. The Balaban J connectivity index is 1.64. The molecular formula is C38H56BN6O4+. The van der Waals surface area contributed by atoms with E-state index < -0.39 is 7.05 Å². The molecule has 2 aliphatic rings. The van der Waals surface area contributed by atoms with E-state index in [1.165, 1.54) is 0 Å². The Morgan fingerprint density at radius 1 is 0.918 bits per heavy atom. The van der Waals surface area contributed by atoms with Crippen LogP contribution in [0.15, 0.2) is 52.9 Å². The maximum atomic E-state index is 12.6. The first-order chi connectivity index (χ1) is 23.4. The second-order valence-corrected chi connectivity index (χ2v) is 13.3. The molecule has 1 amide bonds. The number of carbonyl (C=O) groups excluding carboxylic acids is 1. The van der Waals surface area contributed by atoms with Gasteiger partial charge in [0, 0.05) is 100 Å². The predicted octanol–water partition coefficient (Wildman–Crippen LogP) is 4.97. The molecule has 3 N–H and O–H groups in total. The van der Waals surface area contributed by atoms with Crippen LogP contribution in [0.5, 0.6) is 5.75 Å². The van der Waals surface area contributed by atoms with Crippen LogP contribution >= 0.6 is 0 Å². The van der Waals surface area contributed by atoms with Gasteiger partial charge < -0.3 is 39.4 Å². The molecule has 11 heteroatoms. The molecule has 0 aromatic heterocycles. The molecule has 1 aliphatic heterocycles. The van der Waals surface area contributed by atoms with E-state index in [1.54, 1.807) is 13.9 Å². The number of nitrogens with one attached hydrogen (secondary N) is 2. The van der Waals surface area contributed by atoms with Gasteiger partial charge in [0.1, 0.15) is 31.2 Å². The van der Waals surface area contributed by atoms with Gasteiger partial charge in [-0.25, -0.2) is 4.58 Å². The van der Waals surface area contributed by atoms with Crippen molar-refractivity contribution in [3.63, 3.8) is 0 Å². The highest BCUT2D eigenvalue weighted by Gasteiger charge is 2.24. The van der Waals surface area contributed by atoms with E-state index in [-0.39, 0.29) is 5.91 Å². The number of ether oxygens (including phenoxy) is 1. The van der Waals surface area contributed by atoms with Crippen molar-refractivity contribution in [1.82, 2.24) is 15.1 Å². The second kappa shape index (κ2) is 17.4. The number of hydrogen-bond donors (Lipinski definition) is 3. The number of carbonyl (C=O) groups is 1. The minimum Gasteiger partial charge on any atom is -0.496 e. The normalized spacial score (nSPS) is 11.1. The van der Waals surface area contributed by atoms with Crippen LogP contribution in [0.2, 0.25) is 6.82 Å². The van der Waals surface area contributed by atoms with Crippen molar-refractivity contribution < 1.29 is 19.0 Å². The van der Waals surface area contributed by atoms with Crippen LogP contribution in [0.3, 0.4) is 0 Å². The topological polar surface area (TPSA) is 96.5 Å². The summed E-state index contributed by atoms with van der Waals surface area (Å²) in [6, 6.07) is 17.1. The van der Waals surface area contributed by atoms with Gasteiger partial charge in [-0.15, -0.1) is 0 Å². The molecule has 49 heavy (non-hydrogen) atoms. The van der Waals surface area contributed by atoms with Crippen LogP contribution in [-0.4, -0.2) is 93.6 Å². The van der Waals surface area contributed by atoms with E-state index >= 15 is 0 Å². The number of unbranched alkanes of at least 4 members (excludes halogenated alkanes) is 2.